The highest BCUT2D eigenvalue weighted by atomic mass is 32.2. The van der Waals surface area contributed by atoms with E-state index in [1.54, 1.807) is 42.6 Å². The van der Waals surface area contributed by atoms with Crippen molar-refractivity contribution in [2.45, 2.75) is 25.7 Å². The van der Waals surface area contributed by atoms with Crippen molar-refractivity contribution in [3.05, 3.63) is 77.5 Å². The molecule has 0 unspecified atom stereocenters. The van der Waals surface area contributed by atoms with E-state index >= 15 is 0 Å². The fourth-order valence-electron chi connectivity index (χ4n) is 2.48. The van der Waals surface area contributed by atoms with Gasteiger partial charge < -0.3 is 5.32 Å². The molecule has 134 valence electrons. The summed E-state index contributed by atoms with van der Waals surface area (Å²) >= 11 is 0. The molecule has 1 aromatic heterocycles. The van der Waals surface area contributed by atoms with Crippen LogP contribution in [0, 0.1) is 20.8 Å². The number of nitrogens with zero attached hydrogens (tertiary/aromatic N) is 1. The number of hydrogen-bond acceptors (Lipinski definition) is 4. The first kappa shape index (κ1) is 17.9. The van der Waals surface area contributed by atoms with Crippen LogP contribution in [-0.2, 0) is 10.0 Å². The van der Waals surface area contributed by atoms with Crippen LogP contribution < -0.4 is 10.0 Å². The lowest BCUT2D eigenvalue weighted by Gasteiger charge is -2.12. The van der Waals surface area contributed by atoms with Gasteiger partial charge in [-0.05, 0) is 62.2 Å². The first-order chi connectivity index (χ1) is 12.3. The summed E-state index contributed by atoms with van der Waals surface area (Å²) in [6, 6.07) is 16.2. The van der Waals surface area contributed by atoms with Gasteiger partial charge in [-0.1, -0.05) is 29.8 Å². The lowest BCUT2D eigenvalue weighted by atomic mass is 10.1. The third kappa shape index (κ3) is 4.03. The van der Waals surface area contributed by atoms with Crippen LogP contribution in [0.3, 0.4) is 0 Å². The van der Waals surface area contributed by atoms with Gasteiger partial charge in [0.1, 0.15) is 5.82 Å². The molecule has 1 heterocycles. The van der Waals surface area contributed by atoms with Gasteiger partial charge in [-0.2, -0.15) is 0 Å². The molecule has 0 atom stereocenters. The zero-order valence-electron chi connectivity index (χ0n) is 14.9. The van der Waals surface area contributed by atoms with Gasteiger partial charge >= 0.3 is 0 Å². The number of aryl methyl sites for hydroxylation is 2. The number of aromatic nitrogens is 1. The van der Waals surface area contributed by atoms with Gasteiger partial charge in [0.15, 0.2) is 0 Å². The summed E-state index contributed by atoms with van der Waals surface area (Å²) in [6.45, 7) is 6.02. The molecule has 0 amide bonds. The molecule has 5 nitrogen and oxygen atoms in total. The topological polar surface area (TPSA) is 71.1 Å². The molecular weight excluding hydrogens is 346 g/mol. The van der Waals surface area contributed by atoms with Crippen LogP contribution in [0.15, 0.2) is 65.7 Å². The fraction of sp³-hybridized carbons (Fsp3) is 0.150. The molecular formula is C20H21N3O2S. The minimum atomic E-state index is -3.65. The van der Waals surface area contributed by atoms with Gasteiger partial charge in [0.25, 0.3) is 10.0 Å². The van der Waals surface area contributed by atoms with Crippen LogP contribution in [0.2, 0.25) is 0 Å². The zero-order valence-corrected chi connectivity index (χ0v) is 15.8. The van der Waals surface area contributed by atoms with E-state index in [1.807, 2.05) is 19.1 Å². The van der Waals surface area contributed by atoms with Crippen LogP contribution in [0.5, 0.6) is 0 Å². The van der Waals surface area contributed by atoms with Gasteiger partial charge in [-0.15, -0.1) is 0 Å². The monoisotopic (exact) mass is 367 g/mol. The summed E-state index contributed by atoms with van der Waals surface area (Å²) in [4.78, 5) is 4.41. The van der Waals surface area contributed by atoms with E-state index in [-0.39, 0.29) is 10.7 Å². The van der Waals surface area contributed by atoms with Gasteiger partial charge in [0.05, 0.1) is 16.8 Å². The van der Waals surface area contributed by atoms with Crippen molar-refractivity contribution in [1.82, 2.24) is 4.98 Å². The van der Waals surface area contributed by atoms with Gasteiger partial charge in [0, 0.05) is 5.69 Å². The summed E-state index contributed by atoms with van der Waals surface area (Å²) < 4.78 is 27.3. The number of hydrogen-bond donors (Lipinski definition) is 2. The second-order valence-electron chi connectivity index (χ2n) is 6.22. The molecule has 0 spiro atoms. The van der Waals surface area contributed by atoms with Crippen molar-refractivity contribution < 1.29 is 8.42 Å². The highest BCUT2D eigenvalue weighted by Crippen LogP contribution is 2.23. The average Bonchev–Trinajstić information content (AvgIpc) is 2.61. The molecule has 0 fully saturated rings. The molecule has 3 rings (SSSR count). The van der Waals surface area contributed by atoms with Crippen LogP contribution >= 0.6 is 0 Å². The lowest BCUT2D eigenvalue weighted by molar-refractivity contribution is 0.601. The molecule has 6 heteroatoms. The molecule has 0 radical (unpaired) electrons. The van der Waals surface area contributed by atoms with Crippen molar-refractivity contribution >= 4 is 27.2 Å². The van der Waals surface area contributed by atoms with Gasteiger partial charge in [-0.25, -0.2) is 13.4 Å². The highest BCUT2D eigenvalue weighted by molar-refractivity contribution is 7.92. The second-order valence-corrected chi connectivity index (χ2v) is 7.91. The Kier molecular flexibility index (Phi) is 4.95. The first-order valence-electron chi connectivity index (χ1n) is 8.24. The fourth-order valence-corrected chi connectivity index (χ4v) is 3.49. The summed E-state index contributed by atoms with van der Waals surface area (Å²) in [6.07, 6.45) is 1.61. The SMILES string of the molecule is Cc1ccc(S(=O)(=O)Nc2ccc(Nc3cccc(C)c3C)cn2)cc1. The molecule has 0 aliphatic heterocycles. The minimum Gasteiger partial charge on any atom is -0.354 e. The smallest absolute Gasteiger partial charge is 0.263 e. The summed E-state index contributed by atoms with van der Waals surface area (Å²) in [7, 11) is -3.65. The number of rotatable bonds is 5. The summed E-state index contributed by atoms with van der Waals surface area (Å²) in [5.74, 6) is 0.275. The third-order valence-electron chi connectivity index (χ3n) is 4.22. The third-order valence-corrected chi connectivity index (χ3v) is 5.59. The molecule has 0 saturated heterocycles. The Labute approximate surface area is 154 Å². The Morgan fingerprint density at radius 2 is 1.62 bits per heavy atom. The van der Waals surface area contributed by atoms with E-state index in [9.17, 15) is 8.42 Å². The number of pyridine rings is 1. The number of sulfonamides is 1. The molecule has 2 aromatic carbocycles. The first-order valence-corrected chi connectivity index (χ1v) is 9.72. The minimum absolute atomic E-state index is 0.211. The Hall–Kier alpha value is -2.86. The molecule has 0 bridgehead atoms. The van der Waals surface area contributed by atoms with E-state index in [0.717, 1.165) is 22.5 Å². The van der Waals surface area contributed by atoms with Gasteiger partial charge in [0.2, 0.25) is 0 Å². The maximum Gasteiger partial charge on any atom is 0.263 e. The zero-order chi connectivity index (χ0) is 18.7. The lowest BCUT2D eigenvalue weighted by Crippen LogP contribution is -2.13. The summed E-state index contributed by atoms with van der Waals surface area (Å²) in [5, 5.41) is 3.30. The van der Waals surface area contributed by atoms with Crippen molar-refractivity contribution in [2.24, 2.45) is 0 Å². The number of anilines is 3. The number of benzene rings is 2. The molecule has 0 aliphatic rings. The van der Waals surface area contributed by atoms with Crippen molar-refractivity contribution in [3.8, 4) is 0 Å². The van der Waals surface area contributed by atoms with E-state index in [4.69, 9.17) is 0 Å². The van der Waals surface area contributed by atoms with E-state index in [1.165, 1.54) is 5.56 Å². The standard InChI is InChI=1S/C20H21N3O2S/c1-14-7-10-18(11-8-14)26(24,25)23-20-12-9-17(13-21-20)22-19-6-4-5-15(2)16(19)3/h4-13,22H,1-3H3,(H,21,23). The van der Waals surface area contributed by atoms with E-state index in [2.05, 4.69) is 34.9 Å². The van der Waals surface area contributed by atoms with Crippen molar-refractivity contribution in [2.75, 3.05) is 10.0 Å². The quantitative estimate of drug-likeness (QED) is 0.694. The van der Waals surface area contributed by atoms with Crippen LogP contribution in [0.4, 0.5) is 17.2 Å². The van der Waals surface area contributed by atoms with E-state index in [0.29, 0.717) is 0 Å². The van der Waals surface area contributed by atoms with Crippen molar-refractivity contribution in [3.63, 3.8) is 0 Å². The Balaban J connectivity index is 1.75. The maximum atomic E-state index is 12.4. The molecule has 2 N–H and O–H groups in total. The predicted octanol–water partition coefficient (Wildman–Crippen LogP) is 4.55. The molecule has 0 aliphatic carbocycles. The predicted molar refractivity (Wildman–Crippen MR) is 105 cm³/mol. The Bertz CT molecular complexity index is 1010. The van der Waals surface area contributed by atoms with Crippen LogP contribution in [0.1, 0.15) is 16.7 Å². The Morgan fingerprint density at radius 3 is 2.27 bits per heavy atom. The average molecular weight is 367 g/mol. The second kappa shape index (κ2) is 7.17. The largest absolute Gasteiger partial charge is 0.354 e. The number of nitrogens with one attached hydrogen (secondary N) is 2. The normalized spacial score (nSPS) is 11.2. The van der Waals surface area contributed by atoms with Crippen LogP contribution in [0.25, 0.3) is 0 Å². The molecule has 3 aromatic rings. The van der Waals surface area contributed by atoms with Crippen LogP contribution in [-0.4, -0.2) is 13.4 Å². The van der Waals surface area contributed by atoms with E-state index < -0.39 is 10.0 Å². The van der Waals surface area contributed by atoms with Crippen molar-refractivity contribution in [1.29, 1.82) is 0 Å². The maximum absolute atomic E-state index is 12.4. The molecule has 0 saturated carbocycles. The van der Waals surface area contributed by atoms with Gasteiger partial charge in [-0.3, -0.25) is 4.72 Å². The molecule has 26 heavy (non-hydrogen) atoms. The summed E-state index contributed by atoms with van der Waals surface area (Å²) in [5.41, 5.74) is 5.16. The highest BCUT2D eigenvalue weighted by Gasteiger charge is 2.14. The Morgan fingerprint density at radius 1 is 0.885 bits per heavy atom.